The van der Waals surface area contributed by atoms with Crippen molar-refractivity contribution in [2.24, 2.45) is 0 Å². The fraction of sp³-hybridized carbons (Fsp3) is 0.462. The molecule has 1 heterocycles. The number of carbonyl (C=O) groups is 1. The molecule has 0 saturated heterocycles. The van der Waals surface area contributed by atoms with Gasteiger partial charge in [-0.3, -0.25) is 4.79 Å². The number of rotatable bonds is 4. The van der Waals surface area contributed by atoms with Crippen LogP contribution in [0.15, 0.2) is 18.2 Å². The summed E-state index contributed by atoms with van der Waals surface area (Å²) in [4.78, 5) is 11.6. The van der Waals surface area contributed by atoms with Crippen LogP contribution in [0, 0.1) is 0 Å². The molecular weight excluding hydrogens is 200 g/mol. The fourth-order valence-electron chi connectivity index (χ4n) is 2.13. The minimum Gasteiger partial charge on any atom is -0.324 e. The van der Waals surface area contributed by atoms with E-state index >= 15 is 0 Å². The van der Waals surface area contributed by atoms with Gasteiger partial charge in [0.1, 0.15) is 6.04 Å². The van der Waals surface area contributed by atoms with Crippen molar-refractivity contribution in [3.63, 3.8) is 0 Å². The van der Waals surface area contributed by atoms with Gasteiger partial charge in [0.15, 0.2) is 0 Å². The zero-order valence-electron chi connectivity index (χ0n) is 9.84. The molecule has 0 fully saturated rings. The van der Waals surface area contributed by atoms with E-state index in [-0.39, 0.29) is 11.9 Å². The van der Waals surface area contributed by atoms with Crippen LogP contribution in [-0.2, 0) is 11.2 Å². The van der Waals surface area contributed by atoms with Crippen molar-refractivity contribution in [3.8, 4) is 0 Å². The van der Waals surface area contributed by atoms with E-state index in [9.17, 15) is 4.79 Å². The van der Waals surface area contributed by atoms with Crippen LogP contribution in [0.5, 0.6) is 0 Å². The van der Waals surface area contributed by atoms with Gasteiger partial charge in [0, 0.05) is 11.3 Å². The number of hydrogen-bond acceptors (Lipinski definition) is 2. The van der Waals surface area contributed by atoms with Gasteiger partial charge < -0.3 is 10.6 Å². The Morgan fingerprint density at radius 3 is 2.94 bits per heavy atom. The maximum Gasteiger partial charge on any atom is 0.246 e. The number of carbonyl (C=O) groups excluding carboxylic acids is 1. The average molecular weight is 218 g/mol. The van der Waals surface area contributed by atoms with Crippen molar-refractivity contribution >= 4 is 11.6 Å². The number of anilines is 1. The lowest BCUT2D eigenvalue weighted by Crippen LogP contribution is -2.23. The predicted octanol–water partition coefficient (Wildman–Crippen LogP) is 2.24. The Morgan fingerprint density at radius 2 is 2.25 bits per heavy atom. The van der Waals surface area contributed by atoms with Gasteiger partial charge in [0.05, 0.1) is 0 Å². The molecule has 0 aromatic heterocycles. The van der Waals surface area contributed by atoms with Gasteiger partial charge in [-0.1, -0.05) is 25.5 Å². The third-order valence-electron chi connectivity index (χ3n) is 3.05. The molecule has 1 atom stereocenters. The summed E-state index contributed by atoms with van der Waals surface area (Å²) in [7, 11) is 1.82. The Balaban J connectivity index is 2.25. The molecule has 1 amide bonds. The largest absolute Gasteiger partial charge is 0.324 e. The number of hydrogen-bond donors (Lipinski definition) is 2. The third kappa shape index (κ3) is 1.95. The Kier molecular flexibility index (Phi) is 3.25. The highest BCUT2D eigenvalue weighted by Crippen LogP contribution is 2.31. The molecule has 2 N–H and O–H groups in total. The average Bonchev–Trinajstić information content (AvgIpc) is 2.61. The summed E-state index contributed by atoms with van der Waals surface area (Å²) < 4.78 is 0. The highest BCUT2D eigenvalue weighted by Gasteiger charge is 2.28. The quantitative estimate of drug-likeness (QED) is 0.813. The summed E-state index contributed by atoms with van der Waals surface area (Å²) in [5.41, 5.74) is 3.35. The molecule has 1 aliphatic heterocycles. The number of amides is 1. The SMILES string of the molecule is CCCCc1ccc2c(c1)C(NC)C(=O)N2. The van der Waals surface area contributed by atoms with E-state index in [1.54, 1.807) is 0 Å². The molecule has 1 aromatic rings. The summed E-state index contributed by atoms with van der Waals surface area (Å²) in [6.45, 7) is 2.19. The topological polar surface area (TPSA) is 41.1 Å². The summed E-state index contributed by atoms with van der Waals surface area (Å²) in [6.07, 6.45) is 3.49. The highest BCUT2D eigenvalue weighted by atomic mass is 16.2. The molecule has 1 unspecified atom stereocenters. The zero-order valence-corrected chi connectivity index (χ0v) is 9.84. The summed E-state index contributed by atoms with van der Waals surface area (Å²) in [5.74, 6) is 0.0464. The molecule has 2 rings (SSSR count). The van der Waals surface area contributed by atoms with E-state index in [2.05, 4.69) is 29.7 Å². The first kappa shape index (κ1) is 11.1. The Bertz CT molecular complexity index is 401. The molecule has 3 nitrogen and oxygen atoms in total. The molecule has 0 bridgehead atoms. The number of aryl methyl sites for hydroxylation is 1. The Morgan fingerprint density at radius 1 is 1.44 bits per heavy atom. The van der Waals surface area contributed by atoms with Gasteiger partial charge in [-0.15, -0.1) is 0 Å². The summed E-state index contributed by atoms with van der Waals surface area (Å²) in [6, 6.07) is 6.07. The maximum atomic E-state index is 11.6. The van der Waals surface area contributed by atoms with E-state index in [0.717, 1.165) is 17.7 Å². The second kappa shape index (κ2) is 4.66. The van der Waals surface area contributed by atoms with Crippen LogP contribution in [-0.4, -0.2) is 13.0 Å². The molecule has 16 heavy (non-hydrogen) atoms. The first-order valence-corrected chi connectivity index (χ1v) is 5.87. The van der Waals surface area contributed by atoms with Gasteiger partial charge in [0.25, 0.3) is 0 Å². The first-order chi connectivity index (χ1) is 7.76. The smallest absolute Gasteiger partial charge is 0.246 e. The fourth-order valence-corrected chi connectivity index (χ4v) is 2.13. The molecule has 0 aliphatic carbocycles. The molecule has 86 valence electrons. The van der Waals surface area contributed by atoms with Crippen LogP contribution in [0.1, 0.15) is 36.9 Å². The maximum absolute atomic E-state index is 11.6. The zero-order chi connectivity index (χ0) is 11.5. The van der Waals surface area contributed by atoms with Crippen molar-refractivity contribution in [2.75, 3.05) is 12.4 Å². The van der Waals surface area contributed by atoms with Crippen molar-refractivity contribution in [1.29, 1.82) is 0 Å². The lowest BCUT2D eigenvalue weighted by Gasteiger charge is -2.08. The van der Waals surface area contributed by atoms with E-state index < -0.39 is 0 Å². The predicted molar refractivity (Wildman–Crippen MR) is 65.5 cm³/mol. The minimum atomic E-state index is -0.184. The standard InChI is InChI=1S/C13H18N2O/c1-3-4-5-9-6-7-11-10(8-9)12(14-2)13(16)15-11/h6-8,12,14H,3-5H2,1-2H3,(H,15,16). The summed E-state index contributed by atoms with van der Waals surface area (Å²) in [5, 5.41) is 5.92. The van der Waals surface area contributed by atoms with Gasteiger partial charge >= 0.3 is 0 Å². The number of unbranched alkanes of at least 4 members (excludes halogenated alkanes) is 1. The van der Waals surface area contributed by atoms with Crippen molar-refractivity contribution < 1.29 is 4.79 Å². The summed E-state index contributed by atoms with van der Waals surface area (Å²) >= 11 is 0. The van der Waals surface area contributed by atoms with Crippen molar-refractivity contribution in [1.82, 2.24) is 5.32 Å². The third-order valence-corrected chi connectivity index (χ3v) is 3.05. The molecule has 0 radical (unpaired) electrons. The van der Waals surface area contributed by atoms with Gasteiger partial charge in [-0.25, -0.2) is 0 Å². The van der Waals surface area contributed by atoms with Crippen LogP contribution >= 0.6 is 0 Å². The minimum absolute atomic E-state index is 0.0464. The second-order valence-electron chi connectivity index (χ2n) is 4.24. The van der Waals surface area contributed by atoms with Crippen LogP contribution in [0.25, 0.3) is 0 Å². The lowest BCUT2D eigenvalue weighted by atomic mass is 10.0. The number of likely N-dealkylation sites (N-methyl/N-ethyl adjacent to an activating group) is 1. The lowest BCUT2D eigenvalue weighted by molar-refractivity contribution is -0.117. The van der Waals surface area contributed by atoms with Gasteiger partial charge in [-0.05, 0) is 31.5 Å². The number of benzene rings is 1. The van der Waals surface area contributed by atoms with Crippen LogP contribution in [0.4, 0.5) is 5.69 Å². The second-order valence-corrected chi connectivity index (χ2v) is 4.24. The molecule has 0 saturated carbocycles. The van der Waals surface area contributed by atoms with E-state index in [0.29, 0.717) is 0 Å². The van der Waals surface area contributed by atoms with E-state index in [1.165, 1.54) is 18.4 Å². The number of fused-ring (bicyclic) bond motifs is 1. The number of nitrogens with one attached hydrogen (secondary N) is 2. The molecule has 1 aromatic carbocycles. The monoisotopic (exact) mass is 218 g/mol. The molecular formula is C13H18N2O. The Labute approximate surface area is 96.2 Å². The van der Waals surface area contributed by atoms with Crippen molar-refractivity contribution in [2.45, 2.75) is 32.2 Å². The van der Waals surface area contributed by atoms with E-state index in [4.69, 9.17) is 0 Å². The van der Waals surface area contributed by atoms with Crippen LogP contribution in [0.2, 0.25) is 0 Å². The highest BCUT2D eigenvalue weighted by molar-refractivity contribution is 6.02. The Hall–Kier alpha value is -1.35. The van der Waals surface area contributed by atoms with Crippen molar-refractivity contribution in [3.05, 3.63) is 29.3 Å². The van der Waals surface area contributed by atoms with Crippen LogP contribution in [0.3, 0.4) is 0 Å². The van der Waals surface area contributed by atoms with Gasteiger partial charge in [-0.2, -0.15) is 0 Å². The van der Waals surface area contributed by atoms with Gasteiger partial charge in [0.2, 0.25) is 5.91 Å². The van der Waals surface area contributed by atoms with E-state index in [1.807, 2.05) is 13.1 Å². The normalized spacial score (nSPS) is 18.4. The molecule has 0 spiro atoms. The molecule has 3 heteroatoms. The molecule has 1 aliphatic rings. The van der Waals surface area contributed by atoms with Crippen LogP contribution < -0.4 is 10.6 Å². The first-order valence-electron chi connectivity index (χ1n) is 5.87.